The molecule has 0 radical (unpaired) electrons. The number of benzene rings is 1. The molecule has 1 amide bonds. The molecule has 3 aromatic rings. The summed E-state index contributed by atoms with van der Waals surface area (Å²) in [6, 6.07) is 11.9. The number of hydrogen-bond donors (Lipinski definition) is 0. The number of oxazole rings is 1. The van der Waals surface area contributed by atoms with E-state index in [1.165, 1.54) is 10.4 Å². The van der Waals surface area contributed by atoms with Gasteiger partial charge in [0.1, 0.15) is 0 Å². The molecule has 0 unspecified atom stereocenters. The molecule has 0 spiro atoms. The van der Waals surface area contributed by atoms with E-state index in [1.807, 2.05) is 43.3 Å². The van der Waals surface area contributed by atoms with Crippen LogP contribution in [0.5, 0.6) is 0 Å². The molecule has 0 aliphatic carbocycles. The lowest BCUT2D eigenvalue weighted by atomic mass is 10.1. The van der Waals surface area contributed by atoms with Crippen LogP contribution >= 0.6 is 22.9 Å². The molecule has 174 valence electrons. The van der Waals surface area contributed by atoms with Crippen molar-refractivity contribution in [3.63, 3.8) is 0 Å². The highest BCUT2D eigenvalue weighted by Crippen LogP contribution is 2.23. The van der Waals surface area contributed by atoms with Gasteiger partial charge in [-0.1, -0.05) is 41.4 Å². The zero-order chi connectivity index (χ0) is 23.2. The van der Waals surface area contributed by atoms with Gasteiger partial charge in [-0.05, 0) is 19.1 Å². The fourth-order valence-corrected chi connectivity index (χ4v) is 4.73. The lowest BCUT2D eigenvalue weighted by Crippen LogP contribution is -2.49. The second-order valence-corrected chi connectivity index (χ2v) is 9.81. The summed E-state index contributed by atoms with van der Waals surface area (Å²) in [6.07, 6.45) is 2.09. The number of hydrogen-bond acceptors (Lipinski definition) is 7. The van der Waals surface area contributed by atoms with E-state index in [0.717, 1.165) is 29.5 Å². The van der Waals surface area contributed by atoms with Gasteiger partial charge in [0.15, 0.2) is 18.3 Å². The maximum absolute atomic E-state index is 12.4. The van der Waals surface area contributed by atoms with Gasteiger partial charge < -0.3 is 14.1 Å². The van der Waals surface area contributed by atoms with Gasteiger partial charge in [0.05, 0.1) is 17.0 Å². The SMILES string of the molecule is Cc1ccc(-c2cnc(CCC(=O)OCC(=O)N3CCN(Cc4ccc(Cl)s4)CC3)o2)cc1. The Kier molecular flexibility index (Phi) is 7.80. The molecule has 4 rings (SSSR count). The molecule has 9 heteroatoms. The summed E-state index contributed by atoms with van der Waals surface area (Å²) in [5.74, 6) is 0.526. The Balaban J connectivity index is 1.15. The molecular weight excluding hydrogens is 462 g/mol. The number of rotatable bonds is 8. The van der Waals surface area contributed by atoms with Crippen LogP contribution in [-0.4, -0.2) is 59.4 Å². The Morgan fingerprint density at radius 3 is 2.58 bits per heavy atom. The number of esters is 1. The molecule has 1 fully saturated rings. The Labute approximate surface area is 201 Å². The van der Waals surface area contributed by atoms with Crippen LogP contribution in [0.3, 0.4) is 0 Å². The number of carbonyl (C=O) groups is 2. The molecule has 33 heavy (non-hydrogen) atoms. The Morgan fingerprint density at radius 2 is 1.88 bits per heavy atom. The Morgan fingerprint density at radius 1 is 1.12 bits per heavy atom. The Bertz CT molecular complexity index is 1090. The van der Waals surface area contributed by atoms with Gasteiger partial charge in [-0.25, -0.2) is 4.98 Å². The van der Waals surface area contributed by atoms with E-state index in [2.05, 4.69) is 9.88 Å². The van der Waals surface area contributed by atoms with Crippen molar-refractivity contribution >= 4 is 34.8 Å². The number of ether oxygens (including phenoxy) is 1. The molecule has 1 saturated heterocycles. The van der Waals surface area contributed by atoms with E-state index in [1.54, 1.807) is 22.4 Å². The maximum atomic E-state index is 12.4. The second kappa shape index (κ2) is 11.0. The fourth-order valence-electron chi connectivity index (χ4n) is 3.60. The van der Waals surface area contributed by atoms with E-state index < -0.39 is 5.97 Å². The number of amides is 1. The van der Waals surface area contributed by atoms with E-state index in [-0.39, 0.29) is 18.9 Å². The smallest absolute Gasteiger partial charge is 0.306 e. The van der Waals surface area contributed by atoms with Gasteiger partial charge in [0.2, 0.25) is 0 Å². The first-order valence-corrected chi connectivity index (χ1v) is 12.1. The van der Waals surface area contributed by atoms with Crippen LogP contribution in [-0.2, 0) is 27.3 Å². The van der Waals surface area contributed by atoms with Crippen LogP contribution in [0.1, 0.15) is 22.8 Å². The number of thiophene rings is 1. The third-order valence-electron chi connectivity index (χ3n) is 5.52. The summed E-state index contributed by atoms with van der Waals surface area (Å²) in [5.41, 5.74) is 2.10. The minimum absolute atomic E-state index is 0.109. The van der Waals surface area contributed by atoms with Crippen molar-refractivity contribution in [3.8, 4) is 11.3 Å². The molecule has 0 saturated carbocycles. The van der Waals surface area contributed by atoms with Crippen molar-refractivity contribution in [2.75, 3.05) is 32.8 Å². The van der Waals surface area contributed by atoms with Crippen molar-refractivity contribution in [1.82, 2.24) is 14.8 Å². The quantitative estimate of drug-likeness (QED) is 0.443. The van der Waals surface area contributed by atoms with E-state index in [9.17, 15) is 9.59 Å². The van der Waals surface area contributed by atoms with Crippen LogP contribution in [0.4, 0.5) is 0 Å². The minimum atomic E-state index is -0.438. The van der Waals surface area contributed by atoms with Crippen molar-refractivity contribution in [2.24, 2.45) is 0 Å². The predicted molar refractivity (Wildman–Crippen MR) is 127 cm³/mol. The van der Waals surface area contributed by atoms with Gasteiger partial charge >= 0.3 is 5.97 Å². The fraction of sp³-hybridized carbons (Fsp3) is 0.375. The summed E-state index contributed by atoms with van der Waals surface area (Å²) in [5, 5.41) is 0. The molecule has 7 nitrogen and oxygen atoms in total. The van der Waals surface area contributed by atoms with E-state index in [4.69, 9.17) is 20.8 Å². The zero-order valence-corrected chi connectivity index (χ0v) is 20.0. The van der Waals surface area contributed by atoms with Crippen molar-refractivity contribution in [3.05, 3.63) is 63.3 Å². The summed E-state index contributed by atoms with van der Waals surface area (Å²) in [7, 11) is 0. The normalized spacial score (nSPS) is 14.4. The minimum Gasteiger partial charge on any atom is -0.456 e. The van der Waals surface area contributed by atoms with E-state index in [0.29, 0.717) is 31.2 Å². The highest BCUT2D eigenvalue weighted by Gasteiger charge is 2.22. The zero-order valence-electron chi connectivity index (χ0n) is 18.5. The van der Waals surface area contributed by atoms with Crippen molar-refractivity contribution in [1.29, 1.82) is 0 Å². The average Bonchev–Trinajstić information content (AvgIpc) is 3.46. The molecule has 1 aliphatic rings. The highest BCUT2D eigenvalue weighted by atomic mass is 35.5. The Hall–Kier alpha value is -2.68. The molecule has 0 bridgehead atoms. The number of aryl methyl sites for hydroxylation is 2. The summed E-state index contributed by atoms with van der Waals surface area (Å²) < 4.78 is 11.7. The van der Waals surface area contributed by atoms with Crippen LogP contribution in [0.25, 0.3) is 11.3 Å². The monoisotopic (exact) mass is 487 g/mol. The van der Waals surface area contributed by atoms with Gasteiger partial charge in [0, 0.05) is 49.6 Å². The molecule has 0 atom stereocenters. The first-order chi connectivity index (χ1) is 16.0. The van der Waals surface area contributed by atoms with Crippen LogP contribution in [0.2, 0.25) is 4.34 Å². The third kappa shape index (κ3) is 6.66. The highest BCUT2D eigenvalue weighted by molar-refractivity contribution is 7.16. The first-order valence-electron chi connectivity index (χ1n) is 10.9. The average molecular weight is 488 g/mol. The number of nitrogens with zero attached hydrogens (tertiary/aromatic N) is 3. The first kappa shape index (κ1) is 23.5. The van der Waals surface area contributed by atoms with Gasteiger partial charge in [0.25, 0.3) is 5.91 Å². The van der Waals surface area contributed by atoms with Gasteiger partial charge in [-0.15, -0.1) is 11.3 Å². The molecule has 1 aromatic carbocycles. The van der Waals surface area contributed by atoms with Gasteiger partial charge in [-0.2, -0.15) is 0 Å². The van der Waals surface area contributed by atoms with Crippen LogP contribution < -0.4 is 0 Å². The number of halogens is 1. The van der Waals surface area contributed by atoms with Gasteiger partial charge in [-0.3, -0.25) is 14.5 Å². The molecule has 3 heterocycles. The summed E-state index contributed by atoms with van der Waals surface area (Å²) in [4.78, 5) is 34.0. The lowest BCUT2D eigenvalue weighted by molar-refractivity contribution is -0.152. The molecular formula is C24H26ClN3O4S. The number of piperazine rings is 1. The third-order valence-corrected chi connectivity index (χ3v) is 6.74. The lowest BCUT2D eigenvalue weighted by Gasteiger charge is -2.34. The summed E-state index contributed by atoms with van der Waals surface area (Å²) >= 11 is 7.57. The number of aromatic nitrogens is 1. The molecule has 0 N–H and O–H groups in total. The maximum Gasteiger partial charge on any atom is 0.306 e. The largest absolute Gasteiger partial charge is 0.456 e. The number of carbonyl (C=O) groups excluding carboxylic acids is 2. The van der Waals surface area contributed by atoms with Crippen molar-refractivity contribution < 1.29 is 18.7 Å². The molecule has 1 aliphatic heterocycles. The van der Waals surface area contributed by atoms with Crippen molar-refractivity contribution in [2.45, 2.75) is 26.3 Å². The predicted octanol–water partition coefficient (Wildman–Crippen LogP) is 4.19. The summed E-state index contributed by atoms with van der Waals surface area (Å²) in [6.45, 7) is 5.42. The van der Waals surface area contributed by atoms with Crippen LogP contribution in [0, 0.1) is 6.92 Å². The topological polar surface area (TPSA) is 75.9 Å². The van der Waals surface area contributed by atoms with Crippen LogP contribution in [0.15, 0.2) is 47.0 Å². The van der Waals surface area contributed by atoms with E-state index >= 15 is 0 Å². The standard InChI is InChI=1S/C24H26ClN3O4S/c1-17-2-4-18(5-3-17)20-14-26-22(32-20)8-9-24(30)31-16-23(29)28-12-10-27(11-13-28)15-19-6-7-21(25)33-19/h2-7,14H,8-13,15-16H2,1H3. The molecule has 2 aromatic heterocycles. The second-order valence-electron chi connectivity index (χ2n) is 8.01.